The fourth-order valence-electron chi connectivity index (χ4n) is 3.40. The summed E-state index contributed by atoms with van der Waals surface area (Å²) in [6.45, 7) is 18.5. The van der Waals surface area contributed by atoms with Gasteiger partial charge in [-0.3, -0.25) is 0 Å². The first-order chi connectivity index (χ1) is 12.0. The lowest BCUT2D eigenvalue weighted by Crippen LogP contribution is -2.18. The molecule has 0 saturated carbocycles. The molecule has 2 aromatic rings. The van der Waals surface area contributed by atoms with Crippen LogP contribution in [0.2, 0.25) is 0 Å². The van der Waals surface area contributed by atoms with Crippen molar-refractivity contribution >= 4 is 0 Å². The first kappa shape index (κ1) is 20.7. The molecule has 0 aliphatic rings. The second-order valence-corrected chi connectivity index (χ2v) is 9.99. The molecule has 26 heavy (non-hydrogen) atoms. The van der Waals surface area contributed by atoms with Crippen LogP contribution in [0.1, 0.15) is 90.0 Å². The van der Waals surface area contributed by atoms with E-state index >= 15 is 0 Å². The first-order valence-electron chi connectivity index (χ1n) is 10.2. The minimum absolute atomic E-state index is 0.197. The Morgan fingerprint density at radius 2 is 1.19 bits per heavy atom. The van der Waals surface area contributed by atoms with Crippen molar-refractivity contribution < 1.29 is 0 Å². The number of rotatable bonds is 6. The van der Waals surface area contributed by atoms with Crippen LogP contribution in [-0.2, 0) is 17.3 Å². The van der Waals surface area contributed by atoms with Crippen LogP contribution < -0.4 is 0 Å². The summed E-state index contributed by atoms with van der Waals surface area (Å²) in [6.07, 6.45) is 2.29. The minimum Gasteiger partial charge on any atom is -0.0622 e. The SMILES string of the molecule is CC(C)C(C)c1ccc(C(C)(C)CCc2ccc(C(C)(C)C)cc2)cc1. The lowest BCUT2D eigenvalue weighted by Gasteiger charge is -2.27. The fraction of sp³-hybridized carbons (Fsp3) is 0.538. The van der Waals surface area contributed by atoms with Crippen LogP contribution in [0, 0.1) is 5.92 Å². The Bertz CT molecular complexity index is 678. The monoisotopic (exact) mass is 350 g/mol. The van der Waals surface area contributed by atoms with Gasteiger partial charge in [-0.25, -0.2) is 0 Å². The molecule has 0 spiro atoms. The molecule has 0 fully saturated rings. The lowest BCUT2D eigenvalue weighted by atomic mass is 9.78. The van der Waals surface area contributed by atoms with Crippen LogP contribution in [0.25, 0.3) is 0 Å². The Kier molecular flexibility index (Phi) is 6.37. The molecule has 142 valence electrons. The summed E-state index contributed by atoms with van der Waals surface area (Å²) in [7, 11) is 0. The maximum Gasteiger partial charge on any atom is -0.0100 e. The molecule has 0 aliphatic heterocycles. The third kappa shape index (κ3) is 5.22. The lowest BCUT2D eigenvalue weighted by molar-refractivity contribution is 0.479. The number of aryl methyl sites for hydroxylation is 1. The largest absolute Gasteiger partial charge is 0.0622 e. The summed E-state index contributed by atoms with van der Waals surface area (Å²) < 4.78 is 0. The standard InChI is InChI=1S/C26H38/c1-19(2)20(3)22-11-15-24(16-12-22)26(7,8)18-17-21-9-13-23(14-10-21)25(4,5)6/h9-16,19-20H,17-18H2,1-8H3. The summed E-state index contributed by atoms with van der Waals surface area (Å²) in [4.78, 5) is 0. The van der Waals surface area contributed by atoms with Crippen molar-refractivity contribution in [1.82, 2.24) is 0 Å². The predicted octanol–water partition coefficient (Wildman–Crippen LogP) is 7.65. The highest BCUT2D eigenvalue weighted by Gasteiger charge is 2.21. The third-order valence-corrected chi connectivity index (χ3v) is 6.08. The van der Waals surface area contributed by atoms with E-state index in [0.717, 1.165) is 6.42 Å². The van der Waals surface area contributed by atoms with Gasteiger partial charge in [-0.05, 0) is 57.8 Å². The van der Waals surface area contributed by atoms with Gasteiger partial charge in [0.05, 0.1) is 0 Å². The molecule has 2 rings (SSSR count). The summed E-state index contributed by atoms with van der Waals surface area (Å²) in [6, 6.07) is 18.6. The number of hydrogen-bond donors (Lipinski definition) is 0. The Morgan fingerprint density at radius 3 is 1.65 bits per heavy atom. The quantitative estimate of drug-likeness (QED) is 0.502. The summed E-state index contributed by atoms with van der Waals surface area (Å²) in [5.74, 6) is 1.30. The maximum atomic E-state index is 2.37. The van der Waals surface area contributed by atoms with Gasteiger partial charge in [0, 0.05) is 0 Å². The third-order valence-electron chi connectivity index (χ3n) is 6.08. The number of hydrogen-bond acceptors (Lipinski definition) is 0. The van der Waals surface area contributed by atoms with Crippen molar-refractivity contribution in [3.8, 4) is 0 Å². The van der Waals surface area contributed by atoms with Gasteiger partial charge in [0.25, 0.3) is 0 Å². The highest BCUT2D eigenvalue weighted by molar-refractivity contribution is 5.31. The molecule has 0 aliphatic carbocycles. The molecule has 2 aromatic carbocycles. The average Bonchev–Trinajstić information content (AvgIpc) is 2.59. The van der Waals surface area contributed by atoms with Gasteiger partial charge in [0.2, 0.25) is 0 Å². The summed E-state index contributed by atoms with van der Waals surface area (Å²) >= 11 is 0. The van der Waals surface area contributed by atoms with Gasteiger partial charge >= 0.3 is 0 Å². The van der Waals surface area contributed by atoms with Crippen molar-refractivity contribution in [2.75, 3.05) is 0 Å². The Labute approximate surface area is 162 Å². The Morgan fingerprint density at radius 1 is 0.692 bits per heavy atom. The fourth-order valence-corrected chi connectivity index (χ4v) is 3.40. The minimum atomic E-state index is 0.197. The van der Waals surface area contributed by atoms with E-state index in [4.69, 9.17) is 0 Å². The van der Waals surface area contributed by atoms with Crippen molar-refractivity contribution in [2.45, 2.75) is 85.0 Å². The van der Waals surface area contributed by atoms with E-state index in [0.29, 0.717) is 11.8 Å². The predicted molar refractivity (Wildman–Crippen MR) is 116 cm³/mol. The highest BCUT2D eigenvalue weighted by Crippen LogP contribution is 2.31. The van der Waals surface area contributed by atoms with Crippen LogP contribution in [-0.4, -0.2) is 0 Å². The smallest absolute Gasteiger partial charge is 0.0100 e. The van der Waals surface area contributed by atoms with Crippen molar-refractivity contribution in [3.63, 3.8) is 0 Å². The van der Waals surface area contributed by atoms with Crippen molar-refractivity contribution in [2.24, 2.45) is 5.92 Å². The van der Waals surface area contributed by atoms with Crippen molar-refractivity contribution in [1.29, 1.82) is 0 Å². The molecule has 0 aromatic heterocycles. The molecule has 0 saturated heterocycles. The van der Waals surface area contributed by atoms with Gasteiger partial charge in [-0.1, -0.05) is 104 Å². The van der Waals surface area contributed by atoms with E-state index in [9.17, 15) is 0 Å². The molecule has 0 heterocycles. The van der Waals surface area contributed by atoms with Crippen LogP contribution in [0.15, 0.2) is 48.5 Å². The zero-order valence-electron chi connectivity index (χ0n) is 18.2. The van der Waals surface area contributed by atoms with E-state index < -0.39 is 0 Å². The van der Waals surface area contributed by atoms with Crippen LogP contribution in [0.4, 0.5) is 0 Å². The molecule has 0 N–H and O–H groups in total. The average molecular weight is 351 g/mol. The van der Waals surface area contributed by atoms with E-state index in [1.54, 1.807) is 0 Å². The molecule has 0 bridgehead atoms. The molecule has 0 heteroatoms. The van der Waals surface area contributed by atoms with E-state index in [1.807, 2.05) is 0 Å². The van der Waals surface area contributed by atoms with E-state index in [-0.39, 0.29) is 10.8 Å². The molecular formula is C26H38. The topological polar surface area (TPSA) is 0 Å². The molecule has 0 radical (unpaired) electrons. The Hall–Kier alpha value is -1.56. The van der Waals surface area contributed by atoms with E-state index in [2.05, 4.69) is 104 Å². The molecule has 1 atom stereocenters. The molecular weight excluding hydrogens is 312 g/mol. The maximum absolute atomic E-state index is 2.37. The highest BCUT2D eigenvalue weighted by atomic mass is 14.3. The molecule has 0 amide bonds. The number of benzene rings is 2. The van der Waals surface area contributed by atoms with Gasteiger partial charge in [0.1, 0.15) is 0 Å². The zero-order chi connectivity index (χ0) is 19.5. The molecule has 1 unspecified atom stereocenters. The van der Waals surface area contributed by atoms with Gasteiger partial charge in [-0.2, -0.15) is 0 Å². The van der Waals surface area contributed by atoms with E-state index in [1.165, 1.54) is 28.7 Å². The summed E-state index contributed by atoms with van der Waals surface area (Å²) in [5, 5.41) is 0. The second-order valence-electron chi connectivity index (χ2n) is 9.99. The summed E-state index contributed by atoms with van der Waals surface area (Å²) in [5.41, 5.74) is 6.18. The van der Waals surface area contributed by atoms with Gasteiger partial charge < -0.3 is 0 Å². The van der Waals surface area contributed by atoms with Gasteiger partial charge in [-0.15, -0.1) is 0 Å². The van der Waals surface area contributed by atoms with Crippen LogP contribution in [0.5, 0.6) is 0 Å². The van der Waals surface area contributed by atoms with Crippen LogP contribution in [0.3, 0.4) is 0 Å². The second kappa shape index (κ2) is 7.99. The van der Waals surface area contributed by atoms with Crippen LogP contribution >= 0.6 is 0 Å². The van der Waals surface area contributed by atoms with Crippen molar-refractivity contribution in [3.05, 3.63) is 70.8 Å². The van der Waals surface area contributed by atoms with Gasteiger partial charge in [0.15, 0.2) is 0 Å². The normalized spacial score (nSPS) is 13.9. The molecule has 0 nitrogen and oxygen atoms in total. The Balaban J connectivity index is 2.04. The first-order valence-corrected chi connectivity index (χ1v) is 10.2. The zero-order valence-corrected chi connectivity index (χ0v) is 18.2.